The minimum Gasteiger partial charge on any atom is -0.399 e. The molecule has 0 aliphatic carbocycles. The number of hydrogen-bond donors (Lipinski definition) is 1. The molecule has 2 nitrogen and oxygen atoms in total. The summed E-state index contributed by atoms with van der Waals surface area (Å²) in [5.74, 6) is 0. The molecular weight excluding hydrogens is 160 g/mol. The molecule has 0 aliphatic rings. The van der Waals surface area contributed by atoms with E-state index in [1.54, 1.807) is 0 Å². The van der Waals surface area contributed by atoms with Gasteiger partial charge in [0, 0.05) is 29.8 Å². The molecule has 0 atom stereocenters. The molecule has 1 heterocycles. The zero-order chi connectivity index (χ0) is 9.84. The second-order valence-electron chi connectivity index (χ2n) is 2.74. The van der Waals surface area contributed by atoms with E-state index >= 15 is 0 Å². The number of nitrogens with zero attached hydrogens (tertiary/aromatic N) is 1. The molecule has 0 bridgehead atoms. The van der Waals surface area contributed by atoms with Gasteiger partial charge in [-0.3, -0.25) is 0 Å². The lowest BCUT2D eigenvalue weighted by atomic mass is 10.2. The van der Waals surface area contributed by atoms with E-state index in [0.717, 1.165) is 5.69 Å². The van der Waals surface area contributed by atoms with Crippen molar-refractivity contribution in [2.24, 2.45) is 7.05 Å². The number of nitrogen functional groups attached to an aromatic ring is 1. The summed E-state index contributed by atoms with van der Waals surface area (Å²) in [6, 6.07) is 7.99. The van der Waals surface area contributed by atoms with Crippen molar-refractivity contribution in [1.29, 1.82) is 0 Å². The summed E-state index contributed by atoms with van der Waals surface area (Å²) >= 11 is 0. The highest BCUT2D eigenvalue weighted by Gasteiger charge is 1.95. The molecule has 0 saturated heterocycles. The van der Waals surface area contributed by atoms with Gasteiger partial charge in [-0.25, -0.2) is 0 Å². The van der Waals surface area contributed by atoms with Gasteiger partial charge in [0.15, 0.2) is 0 Å². The molecule has 13 heavy (non-hydrogen) atoms. The number of anilines is 1. The van der Waals surface area contributed by atoms with Crippen LogP contribution in [0.4, 0.5) is 5.69 Å². The maximum absolute atomic E-state index is 5.62. The van der Waals surface area contributed by atoms with Crippen LogP contribution in [0.15, 0.2) is 30.5 Å². The number of rotatable bonds is 0. The summed E-state index contributed by atoms with van der Waals surface area (Å²) in [4.78, 5) is 0. The van der Waals surface area contributed by atoms with Crippen LogP contribution in [-0.4, -0.2) is 4.57 Å². The third-order valence-electron chi connectivity index (χ3n) is 1.91. The number of benzene rings is 1. The van der Waals surface area contributed by atoms with Gasteiger partial charge < -0.3 is 10.3 Å². The molecule has 0 saturated carbocycles. The third kappa shape index (κ3) is 1.83. The minimum absolute atomic E-state index is 0.823. The van der Waals surface area contributed by atoms with E-state index in [9.17, 15) is 0 Å². The molecule has 0 unspecified atom stereocenters. The highest BCUT2D eigenvalue weighted by atomic mass is 14.9. The van der Waals surface area contributed by atoms with Crippen molar-refractivity contribution in [2.45, 2.75) is 13.8 Å². The van der Waals surface area contributed by atoms with Crippen LogP contribution >= 0.6 is 0 Å². The Hall–Kier alpha value is -1.44. The Labute approximate surface area is 79.0 Å². The van der Waals surface area contributed by atoms with Gasteiger partial charge in [0.2, 0.25) is 0 Å². The van der Waals surface area contributed by atoms with Crippen molar-refractivity contribution in [2.75, 3.05) is 5.73 Å². The highest BCUT2D eigenvalue weighted by molar-refractivity contribution is 5.83. The van der Waals surface area contributed by atoms with Crippen LogP contribution in [0.5, 0.6) is 0 Å². The maximum Gasteiger partial charge on any atom is 0.0479 e. The van der Waals surface area contributed by atoms with Crippen molar-refractivity contribution < 1.29 is 0 Å². The van der Waals surface area contributed by atoms with Gasteiger partial charge in [-0.1, -0.05) is 13.8 Å². The van der Waals surface area contributed by atoms with Gasteiger partial charge in [-0.15, -0.1) is 0 Å². The second kappa shape index (κ2) is 3.99. The molecule has 0 amide bonds. The molecule has 70 valence electrons. The van der Waals surface area contributed by atoms with E-state index in [1.165, 1.54) is 10.9 Å². The second-order valence-corrected chi connectivity index (χ2v) is 2.74. The lowest BCUT2D eigenvalue weighted by molar-refractivity contribution is 0.969. The monoisotopic (exact) mass is 176 g/mol. The summed E-state index contributed by atoms with van der Waals surface area (Å²) in [6.07, 6.45) is 2.03. The van der Waals surface area contributed by atoms with Crippen LogP contribution in [0.1, 0.15) is 13.8 Å². The van der Waals surface area contributed by atoms with Crippen molar-refractivity contribution in [3.63, 3.8) is 0 Å². The zero-order valence-corrected chi connectivity index (χ0v) is 8.41. The van der Waals surface area contributed by atoms with Gasteiger partial charge >= 0.3 is 0 Å². The molecule has 2 heteroatoms. The number of nitrogens with two attached hydrogens (primary N) is 1. The standard InChI is InChI=1S/C9H10N2.C2H6/c1-11-5-4-7-6-8(10)2-3-9(7)11;1-2/h2-6H,10H2,1H3;1-2H3. The Morgan fingerprint density at radius 2 is 1.85 bits per heavy atom. The van der Waals surface area contributed by atoms with Gasteiger partial charge in [0.25, 0.3) is 0 Å². The van der Waals surface area contributed by atoms with E-state index < -0.39 is 0 Å². The zero-order valence-electron chi connectivity index (χ0n) is 8.41. The summed E-state index contributed by atoms with van der Waals surface area (Å²) in [5, 5.41) is 1.20. The molecule has 1 aromatic carbocycles. The number of fused-ring (bicyclic) bond motifs is 1. The van der Waals surface area contributed by atoms with E-state index in [0.29, 0.717) is 0 Å². The first-order valence-corrected chi connectivity index (χ1v) is 4.58. The maximum atomic E-state index is 5.62. The number of aromatic nitrogens is 1. The average Bonchev–Trinajstić information content (AvgIpc) is 2.51. The Balaban J connectivity index is 0.000000396. The van der Waals surface area contributed by atoms with E-state index in [1.807, 2.05) is 45.3 Å². The van der Waals surface area contributed by atoms with Gasteiger partial charge in [0.05, 0.1) is 0 Å². The number of hydrogen-bond acceptors (Lipinski definition) is 1. The molecule has 0 spiro atoms. The quantitative estimate of drug-likeness (QED) is 0.615. The topological polar surface area (TPSA) is 30.9 Å². The van der Waals surface area contributed by atoms with Crippen molar-refractivity contribution in [1.82, 2.24) is 4.57 Å². The van der Waals surface area contributed by atoms with Crippen LogP contribution in [-0.2, 0) is 7.05 Å². The van der Waals surface area contributed by atoms with Gasteiger partial charge in [-0.05, 0) is 24.3 Å². The molecule has 0 fully saturated rings. The Kier molecular flexibility index (Phi) is 2.96. The third-order valence-corrected chi connectivity index (χ3v) is 1.91. The number of aryl methyl sites for hydroxylation is 1. The summed E-state index contributed by atoms with van der Waals surface area (Å²) in [7, 11) is 2.03. The Bertz CT molecular complexity index is 388. The van der Waals surface area contributed by atoms with E-state index in [4.69, 9.17) is 5.73 Å². The van der Waals surface area contributed by atoms with Crippen molar-refractivity contribution >= 4 is 16.6 Å². The Morgan fingerprint density at radius 1 is 1.15 bits per heavy atom. The largest absolute Gasteiger partial charge is 0.399 e. The first kappa shape index (κ1) is 9.65. The van der Waals surface area contributed by atoms with Crippen LogP contribution in [0.3, 0.4) is 0 Å². The lowest BCUT2D eigenvalue weighted by Gasteiger charge is -1.95. The van der Waals surface area contributed by atoms with Gasteiger partial charge in [-0.2, -0.15) is 0 Å². The summed E-state index contributed by atoms with van der Waals surface area (Å²) in [6.45, 7) is 4.00. The predicted molar refractivity (Wildman–Crippen MR) is 58.7 cm³/mol. The smallest absolute Gasteiger partial charge is 0.0479 e. The van der Waals surface area contributed by atoms with E-state index in [-0.39, 0.29) is 0 Å². The van der Waals surface area contributed by atoms with Crippen LogP contribution < -0.4 is 5.73 Å². The first-order valence-electron chi connectivity index (χ1n) is 4.58. The fourth-order valence-electron chi connectivity index (χ4n) is 1.30. The molecule has 2 aromatic rings. The fourth-order valence-corrected chi connectivity index (χ4v) is 1.30. The molecule has 0 radical (unpaired) electrons. The summed E-state index contributed by atoms with van der Waals surface area (Å²) < 4.78 is 2.08. The van der Waals surface area contributed by atoms with Crippen molar-refractivity contribution in [3.8, 4) is 0 Å². The molecule has 0 aliphatic heterocycles. The first-order chi connectivity index (χ1) is 6.27. The molecular formula is C11H16N2. The molecule has 2 rings (SSSR count). The minimum atomic E-state index is 0.823. The summed E-state index contributed by atoms with van der Waals surface area (Å²) in [5.41, 5.74) is 7.67. The SMILES string of the molecule is CC.Cn1ccc2cc(N)ccc21. The lowest BCUT2D eigenvalue weighted by Crippen LogP contribution is -1.85. The normalized spacial score (nSPS) is 9.46. The van der Waals surface area contributed by atoms with E-state index in [2.05, 4.69) is 10.6 Å². The fraction of sp³-hybridized carbons (Fsp3) is 0.273. The van der Waals surface area contributed by atoms with Crippen LogP contribution in [0, 0.1) is 0 Å². The molecule has 2 N–H and O–H groups in total. The predicted octanol–water partition coefficient (Wildman–Crippen LogP) is 2.79. The Morgan fingerprint density at radius 3 is 2.54 bits per heavy atom. The highest BCUT2D eigenvalue weighted by Crippen LogP contribution is 2.17. The van der Waals surface area contributed by atoms with Crippen LogP contribution in [0.2, 0.25) is 0 Å². The van der Waals surface area contributed by atoms with Crippen molar-refractivity contribution in [3.05, 3.63) is 30.5 Å². The van der Waals surface area contributed by atoms with Gasteiger partial charge in [0.1, 0.15) is 0 Å². The van der Waals surface area contributed by atoms with Crippen LogP contribution in [0.25, 0.3) is 10.9 Å². The molecule has 1 aromatic heterocycles. The average molecular weight is 176 g/mol.